The molecular weight excluding hydrogens is 700 g/mol. The first-order valence-corrected chi connectivity index (χ1v) is 19.7. The van der Waals surface area contributed by atoms with E-state index in [0.717, 1.165) is 64.9 Å². The number of carbonyl (C=O) groups excluding carboxylic acids is 1. The number of carbonyl (C=O) groups is 1. The Balaban J connectivity index is 1.59. The number of hydrogen-bond donors (Lipinski definition) is 1. The number of nitrogens with zero attached hydrogens (tertiary/aromatic N) is 2. The van der Waals surface area contributed by atoms with Crippen molar-refractivity contribution in [1.82, 2.24) is 0 Å². The molecule has 0 aromatic heterocycles. The molecule has 1 N–H and O–H groups in total. The van der Waals surface area contributed by atoms with Crippen molar-refractivity contribution >= 4 is 49.1 Å². The quantitative estimate of drug-likeness (QED) is 0.140. The van der Waals surface area contributed by atoms with Crippen LogP contribution in [0.25, 0.3) is 0 Å². The molecule has 7 nitrogen and oxygen atoms in total. The number of esters is 1. The lowest BCUT2D eigenvalue weighted by molar-refractivity contribution is -0.438. The molecule has 0 spiro atoms. The van der Waals surface area contributed by atoms with Crippen molar-refractivity contribution in [2.45, 2.75) is 96.3 Å². The van der Waals surface area contributed by atoms with E-state index in [1.165, 1.54) is 23.0 Å². The van der Waals surface area contributed by atoms with Crippen LogP contribution in [0.5, 0.6) is 0 Å². The smallest absolute Gasteiger partial charge is 0.309 e. The summed E-state index contributed by atoms with van der Waals surface area (Å²) in [6, 6.07) is 13.5. The van der Waals surface area contributed by atoms with Gasteiger partial charge in [0.15, 0.2) is 5.71 Å². The van der Waals surface area contributed by atoms with Crippen molar-refractivity contribution in [3.8, 4) is 0 Å². The van der Waals surface area contributed by atoms with Gasteiger partial charge in [-0.15, -0.1) is 0 Å². The average Bonchev–Trinajstić information content (AvgIpc) is 3.40. The van der Waals surface area contributed by atoms with Crippen molar-refractivity contribution in [1.29, 1.82) is 0 Å². The van der Waals surface area contributed by atoms with Crippen LogP contribution in [0.4, 0.5) is 11.4 Å². The lowest BCUT2D eigenvalue weighted by Crippen LogP contribution is -2.28. The number of benzene rings is 2. The summed E-state index contributed by atoms with van der Waals surface area (Å²) in [5.41, 5.74) is 7.95. The summed E-state index contributed by atoms with van der Waals surface area (Å²) in [5.74, 6) is -0.518. The summed E-state index contributed by atoms with van der Waals surface area (Å²) in [5, 5.41) is 0. The maximum atomic E-state index is 13.2. The molecule has 5 rings (SSSR count). The summed E-state index contributed by atoms with van der Waals surface area (Å²) in [6.45, 7) is 16.9. The van der Waals surface area contributed by atoms with E-state index >= 15 is 0 Å². The normalized spacial score (nSPS) is 21.7. The molecule has 2 aliphatic heterocycles. The molecular formula is C40H50BrN2O5S+. The fraction of sp³-hybridized carbons (Fsp3) is 0.450. The van der Waals surface area contributed by atoms with Gasteiger partial charge in [0.1, 0.15) is 6.54 Å². The number of ether oxygens (including phenoxy) is 1. The Hall–Kier alpha value is -3.27. The molecule has 0 saturated heterocycles. The molecule has 2 aromatic rings. The van der Waals surface area contributed by atoms with Crippen molar-refractivity contribution in [3.05, 3.63) is 99.2 Å². The molecule has 3 aliphatic rings. The third kappa shape index (κ3) is 7.17. The van der Waals surface area contributed by atoms with E-state index in [-0.39, 0.29) is 22.2 Å². The summed E-state index contributed by atoms with van der Waals surface area (Å²) in [4.78, 5) is 15.3. The van der Waals surface area contributed by atoms with Gasteiger partial charge in [-0.05, 0) is 81.0 Å². The molecule has 9 heteroatoms. The third-order valence-corrected chi connectivity index (χ3v) is 12.0. The van der Waals surface area contributed by atoms with Gasteiger partial charge in [-0.1, -0.05) is 80.4 Å². The zero-order chi connectivity index (χ0) is 35.7. The maximum absolute atomic E-state index is 13.2. The monoisotopic (exact) mass is 749 g/mol. The number of fused-ring (bicyclic) bond motifs is 2. The molecule has 49 heavy (non-hydrogen) atoms. The molecule has 0 saturated carbocycles. The van der Waals surface area contributed by atoms with Gasteiger partial charge in [-0.2, -0.15) is 13.0 Å². The van der Waals surface area contributed by atoms with E-state index < -0.39 is 15.5 Å². The van der Waals surface area contributed by atoms with Crippen molar-refractivity contribution in [2.75, 3.05) is 24.6 Å². The highest BCUT2D eigenvalue weighted by Crippen LogP contribution is 2.49. The first-order chi connectivity index (χ1) is 23.2. The first-order valence-electron chi connectivity index (χ1n) is 17.5. The fourth-order valence-electron chi connectivity index (χ4n) is 7.53. The zero-order valence-electron chi connectivity index (χ0n) is 29.8. The highest BCUT2D eigenvalue weighted by Gasteiger charge is 2.44. The topological polar surface area (TPSA) is 86.9 Å². The minimum atomic E-state index is -4.34. The predicted octanol–water partition coefficient (Wildman–Crippen LogP) is 9.31. The summed E-state index contributed by atoms with van der Waals surface area (Å²) < 4.78 is 42.8. The molecule has 0 amide bonds. The van der Waals surface area contributed by atoms with Gasteiger partial charge < -0.3 is 9.64 Å². The minimum Gasteiger partial charge on any atom is -0.466 e. The molecule has 0 bridgehead atoms. The van der Waals surface area contributed by atoms with Gasteiger partial charge >= 0.3 is 5.97 Å². The highest BCUT2D eigenvalue weighted by molar-refractivity contribution is 9.12. The molecule has 2 aromatic carbocycles. The second-order valence-electron chi connectivity index (χ2n) is 14.2. The Morgan fingerprint density at radius 1 is 1.00 bits per heavy atom. The van der Waals surface area contributed by atoms with Crippen LogP contribution in [-0.4, -0.2) is 48.9 Å². The molecule has 2 heterocycles. The third-order valence-electron chi connectivity index (χ3n) is 10.1. The second-order valence-corrected chi connectivity index (χ2v) is 16.5. The van der Waals surface area contributed by atoms with Crippen molar-refractivity contribution in [3.63, 3.8) is 0 Å². The Morgan fingerprint density at radius 2 is 1.73 bits per heavy atom. The van der Waals surface area contributed by atoms with Crippen LogP contribution in [0.2, 0.25) is 0 Å². The Morgan fingerprint density at radius 3 is 2.41 bits per heavy atom. The lowest BCUT2D eigenvalue weighted by atomic mass is 9.80. The minimum absolute atomic E-state index is 0.110. The SMILES string of the molecule is CCCC[N+]1=C(/C=C/C2=C(Br)C(=C/C=C3/N(CCC)c4ccc(S(=O)(=O)O)cc4C3(C)C)/CC(C(=O)OCC)C2)C(C)(C)c2ccccc21. The van der Waals surface area contributed by atoms with Gasteiger partial charge in [0.2, 0.25) is 5.69 Å². The number of hydrogen-bond acceptors (Lipinski definition) is 5. The average molecular weight is 751 g/mol. The van der Waals surface area contributed by atoms with Crippen molar-refractivity contribution < 1.29 is 27.1 Å². The highest BCUT2D eigenvalue weighted by atomic mass is 79.9. The number of anilines is 1. The maximum Gasteiger partial charge on any atom is 0.309 e. The van der Waals surface area contributed by atoms with Crippen LogP contribution < -0.4 is 4.90 Å². The largest absolute Gasteiger partial charge is 0.466 e. The van der Waals surface area contributed by atoms with Crippen LogP contribution in [0, 0.1) is 5.92 Å². The van der Waals surface area contributed by atoms with Gasteiger partial charge in [0.05, 0.1) is 22.8 Å². The molecule has 1 atom stereocenters. The van der Waals surface area contributed by atoms with Crippen LogP contribution in [0.15, 0.2) is 93.0 Å². The van der Waals surface area contributed by atoms with Crippen LogP contribution >= 0.6 is 15.9 Å². The molecule has 1 aliphatic carbocycles. The number of rotatable bonds is 11. The van der Waals surface area contributed by atoms with E-state index in [1.807, 2.05) is 6.92 Å². The summed E-state index contributed by atoms with van der Waals surface area (Å²) in [6.07, 6.45) is 12.8. The summed E-state index contributed by atoms with van der Waals surface area (Å²) >= 11 is 3.95. The Labute approximate surface area is 301 Å². The molecule has 262 valence electrons. The van der Waals surface area contributed by atoms with Gasteiger partial charge in [0, 0.05) is 52.0 Å². The van der Waals surface area contributed by atoms with Gasteiger partial charge in [-0.25, -0.2) is 0 Å². The Kier molecular flexibility index (Phi) is 11.0. The molecule has 1 unspecified atom stereocenters. The Bertz CT molecular complexity index is 1900. The molecule has 0 radical (unpaired) electrons. The van der Waals surface area contributed by atoms with Gasteiger partial charge in [0.25, 0.3) is 10.1 Å². The van der Waals surface area contributed by atoms with Crippen LogP contribution in [0.1, 0.15) is 91.7 Å². The number of para-hydroxylation sites is 1. The first kappa shape index (κ1) is 37.0. The van der Waals surface area contributed by atoms with E-state index in [0.29, 0.717) is 19.4 Å². The van der Waals surface area contributed by atoms with E-state index in [2.05, 4.69) is 116 Å². The fourth-order valence-corrected chi connectivity index (χ4v) is 8.63. The van der Waals surface area contributed by atoms with E-state index in [1.54, 1.807) is 12.1 Å². The van der Waals surface area contributed by atoms with E-state index in [9.17, 15) is 17.8 Å². The number of halogens is 1. The standard InChI is InChI=1S/C40H49BrN2O5S/c1-8-11-23-43-33-15-13-12-14-31(33)39(4,5)35(43)20-16-27-24-29(38(44)48-10-3)25-28(37(27)41)17-21-36-40(6,7)32-26-30(49(45,46)47)18-19-34(32)42(36)22-9-2/h12-21,26,29H,8-11,22-25H2,1-7H3/p+1. The van der Waals surface area contributed by atoms with Gasteiger partial charge in [-0.3, -0.25) is 9.35 Å². The zero-order valence-corrected chi connectivity index (χ0v) is 32.2. The molecule has 0 fully saturated rings. The summed E-state index contributed by atoms with van der Waals surface area (Å²) in [7, 11) is -4.34. The van der Waals surface area contributed by atoms with Crippen molar-refractivity contribution in [2.24, 2.45) is 5.92 Å². The second kappa shape index (κ2) is 14.5. The van der Waals surface area contributed by atoms with Crippen LogP contribution in [-0.2, 0) is 30.5 Å². The lowest BCUT2D eigenvalue weighted by Gasteiger charge is -2.27. The number of allylic oxidation sites excluding steroid dienone is 8. The van der Waals surface area contributed by atoms with Crippen LogP contribution in [0.3, 0.4) is 0 Å². The van der Waals surface area contributed by atoms with E-state index in [4.69, 9.17) is 4.74 Å². The number of unbranched alkanes of at least 4 members (excludes halogenated alkanes) is 1. The predicted molar refractivity (Wildman–Crippen MR) is 202 cm³/mol.